The Kier molecular flexibility index (Phi) is 4.73. The van der Waals surface area contributed by atoms with Crippen LogP contribution in [0.5, 0.6) is 5.75 Å². The van der Waals surface area contributed by atoms with Crippen LogP contribution in [0.4, 0.5) is 0 Å². The second kappa shape index (κ2) is 7.30. The van der Waals surface area contributed by atoms with E-state index in [-0.39, 0.29) is 12.5 Å². The minimum atomic E-state index is 0.104. The predicted octanol–water partition coefficient (Wildman–Crippen LogP) is 3.96. The van der Waals surface area contributed by atoms with Crippen LogP contribution in [0.15, 0.2) is 48.5 Å². The number of fused-ring (bicyclic) bond motifs is 1. The Labute approximate surface area is 149 Å². The number of hydrogen-bond donors (Lipinski definition) is 0. The number of amides is 1. The monoisotopic (exact) mass is 335 g/mol. The molecule has 0 radical (unpaired) electrons. The number of ether oxygens (including phenoxy) is 1. The van der Waals surface area contributed by atoms with Gasteiger partial charge in [0.15, 0.2) is 6.61 Å². The highest BCUT2D eigenvalue weighted by atomic mass is 16.5. The van der Waals surface area contributed by atoms with Crippen LogP contribution in [0.2, 0.25) is 0 Å². The summed E-state index contributed by atoms with van der Waals surface area (Å²) in [5.74, 6) is 1.50. The van der Waals surface area contributed by atoms with Gasteiger partial charge in [-0.3, -0.25) is 4.79 Å². The average Bonchev–Trinajstić information content (AvgIpc) is 3.15. The highest BCUT2D eigenvalue weighted by molar-refractivity contribution is 5.77. The van der Waals surface area contributed by atoms with Crippen molar-refractivity contribution in [3.63, 3.8) is 0 Å². The van der Waals surface area contributed by atoms with E-state index in [1.165, 1.54) is 29.5 Å². The first-order valence-corrected chi connectivity index (χ1v) is 9.37. The number of carbonyl (C=O) groups excluding carboxylic acids is 1. The predicted molar refractivity (Wildman–Crippen MR) is 99.0 cm³/mol. The van der Waals surface area contributed by atoms with Gasteiger partial charge in [-0.15, -0.1) is 0 Å². The maximum absolute atomic E-state index is 12.4. The van der Waals surface area contributed by atoms with Crippen molar-refractivity contribution < 1.29 is 9.53 Å². The summed E-state index contributed by atoms with van der Waals surface area (Å²) in [7, 11) is 0. The molecule has 130 valence electrons. The lowest BCUT2D eigenvalue weighted by atomic mass is 9.89. The van der Waals surface area contributed by atoms with Crippen LogP contribution >= 0.6 is 0 Å². The number of carbonyl (C=O) groups is 1. The Bertz CT molecular complexity index is 733. The van der Waals surface area contributed by atoms with Gasteiger partial charge in [0.25, 0.3) is 5.91 Å². The van der Waals surface area contributed by atoms with Gasteiger partial charge in [0, 0.05) is 13.1 Å². The third-order valence-electron chi connectivity index (χ3n) is 5.55. The molecule has 3 heteroatoms. The van der Waals surface area contributed by atoms with Crippen LogP contribution in [-0.2, 0) is 17.6 Å². The molecule has 25 heavy (non-hydrogen) atoms. The zero-order chi connectivity index (χ0) is 17.1. The van der Waals surface area contributed by atoms with Gasteiger partial charge in [0.05, 0.1) is 0 Å². The van der Waals surface area contributed by atoms with E-state index in [0.717, 1.165) is 38.1 Å². The minimum absolute atomic E-state index is 0.104. The van der Waals surface area contributed by atoms with Crippen molar-refractivity contribution in [2.24, 2.45) is 0 Å². The van der Waals surface area contributed by atoms with Crippen LogP contribution in [0.25, 0.3) is 0 Å². The van der Waals surface area contributed by atoms with Crippen molar-refractivity contribution in [3.05, 3.63) is 65.2 Å². The van der Waals surface area contributed by atoms with Gasteiger partial charge in [-0.1, -0.05) is 36.4 Å². The van der Waals surface area contributed by atoms with Crippen LogP contribution in [0.1, 0.15) is 41.9 Å². The molecule has 4 rings (SSSR count). The number of piperidine rings is 1. The molecule has 1 heterocycles. The van der Waals surface area contributed by atoms with Gasteiger partial charge < -0.3 is 9.64 Å². The minimum Gasteiger partial charge on any atom is -0.484 e. The fourth-order valence-corrected chi connectivity index (χ4v) is 4.06. The van der Waals surface area contributed by atoms with Crippen molar-refractivity contribution in [3.8, 4) is 5.75 Å². The first-order chi connectivity index (χ1) is 12.3. The average molecular weight is 335 g/mol. The molecule has 3 nitrogen and oxygen atoms in total. The maximum atomic E-state index is 12.4. The van der Waals surface area contributed by atoms with Gasteiger partial charge in [-0.05, 0) is 66.8 Å². The molecule has 1 fully saturated rings. The molecule has 2 aliphatic rings. The molecular formula is C22H25NO2. The smallest absolute Gasteiger partial charge is 0.260 e. The van der Waals surface area contributed by atoms with Crippen molar-refractivity contribution in [2.45, 2.75) is 38.0 Å². The van der Waals surface area contributed by atoms with Crippen LogP contribution in [0.3, 0.4) is 0 Å². The summed E-state index contributed by atoms with van der Waals surface area (Å²) < 4.78 is 5.77. The summed E-state index contributed by atoms with van der Waals surface area (Å²) in [5, 5.41) is 0. The quantitative estimate of drug-likeness (QED) is 0.846. The van der Waals surface area contributed by atoms with Gasteiger partial charge in [-0.2, -0.15) is 0 Å². The number of aryl methyl sites for hydroxylation is 2. The molecule has 0 spiro atoms. The highest BCUT2D eigenvalue weighted by Crippen LogP contribution is 2.28. The molecule has 2 aromatic carbocycles. The van der Waals surface area contributed by atoms with E-state index in [2.05, 4.69) is 42.5 Å². The summed E-state index contributed by atoms with van der Waals surface area (Å²) in [6.45, 7) is 1.80. The third kappa shape index (κ3) is 3.71. The fourth-order valence-electron chi connectivity index (χ4n) is 4.06. The molecule has 0 bridgehead atoms. The Balaban J connectivity index is 1.28. The van der Waals surface area contributed by atoms with Crippen molar-refractivity contribution >= 4 is 5.91 Å². The lowest BCUT2D eigenvalue weighted by molar-refractivity contribution is -0.134. The molecule has 0 unspecified atom stereocenters. The number of rotatable bonds is 4. The Hall–Kier alpha value is -2.29. The third-order valence-corrected chi connectivity index (χ3v) is 5.55. The van der Waals surface area contributed by atoms with Crippen molar-refractivity contribution in [1.29, 1.82) is 0 Å². The van der Waals surface area contributed by atoms with Crippen molar-refractivity contribution in [1.82, 2.24) is 4.90 Å². The summed E-state index contributed by atoms with van der Waals surface area (Å²) >= 11 is 0. The Morgan fingerprint density at radius 1 is 1.00 bits per heavy atom. The molecule has 0 saturated carbocycles. The summed E-state index contributed by atoms with van der Waals surface area (Å²) in [5.41, 5.74) is 4.21. The lowest BCUT2D eigenvalue weighted by Crippen LogP contribution is -2.40. The van der Waals surface area contributed by atoms with E-state index in [0.29, 0.717) is 5.92 Å². The molecule has 0 N–H and O–H groups in total. The number of hydrogen-bond acceptors (Lipinski definition) is 2. The molecule has 0 aromatic heterocycles. The summed E-state index contributed by atoms with van der Waals surface area (Å²) in [4.78, 5) is 14.4. The highest BCUT2D eigenvalue weighted by Gasteiger charge is 2.24. The largest absolute Gasteiger partial charge is 0.484 e. The molecular weight excluding hydrogens is 310 g/mol. The summed E-state index contributed by atoms with van der Waals surface area (Å²) in [6.07, 6.45) is 5.61. The summed E-state index contributed by atoms with van der Waals surface area (Å²) in [6, 6.07) is 16.9. The second-order valence-electron chi connectivity index (χ2n) is 7.14. The molecule has 1 amide bonds. The number of nitrogens with zero attached hydrogens (tertiary/aromatic N) is 1. The van der Waals surface area contributed by atoms with Gasteiger partial charge >= 0.3 is 0 Å². The second-order valence-corrected chi connectivity index (χ2v) is 7.14. The van der Waals surface area contributed by atoms with E-state index in [9.17, 15) is 4.79 Å². The fraction of sp³-hybridized carbons (Fsp3) is 0.409. The van der Waals surface area contributed by atoms with Crippen molar-refractivity contribution in [2.75, 3.05) is 19.7 Å². The van der Waals surface area contributed by atoms with E-state index in [4.69, 9.17) is 4.74 Å². The van der Waals surface area contributed by atoms with Gasteiger partial charge in [0.2, 0.25) is 0 Å². The van der Waals surface area contributed by atoms with E-state index in [1.54, 1.807) is 0 Å². The lowest BCUT2D eigenvalue weighted by Gasteiger charge is -2.32. The first-order valence-electron chi connectivity index (χ1n) is 9.37. The zero-order valence-electron chi connectivity index (χ0n) is 14.6. The first kappa shape index (κ1) is 16.2. The molecule has 1 aliphatic carbocycles. The number of likely N-dealkylation sites (tertiary alicyclic amines) is 1. The van der Waals surface area contributed by atoms with Gasteiger partial charge in [-0.25, -0.2) is 0 Å². The zero-order valence-corrected chi connectivity index (χ0v) is 14.6. The maximum Gasteiger partial charge on any atom is 0.260 e. The van der Waals surface area contributed by atoms with Crippen LogP contribution in [0, 0.1) is 0 Å². The topological polar surface area (TPSA) is 29.5 Å². The SMILES string of the molecule is O=C(COc1ccc2c(c1)CCC2)N1CCC(c2ccccc2)CC1. The van der Waals surface area contributed by atoms with Crippen LogP contribution < -0.4 is 4.74 Å². The normalized spacial score (nSPS) is 17.4. The Morgan fingerprint density at radius 2 is 1.76 bits per heavy atom. The number of benzene rings is 2. The molecule has 1 saturated heterocycles. The van der Waals surface area contributed by atoms with Gasteiger partial charge in [0.1, 0.15) is 5.75 Å². The standard InChI is InChI=1S/C22H25NO2/c24-22(16-25-21-10-9-18-7-4-8-20(18)15-21)23-13-11-19(12-14-23)17-5-2-1-3-6-17/h1-3,5-6,9-10,15,19H,4,7-8,11-14,16H2. The molecule has 2 aromatic rings. The molecule has 0 atom stereocenters. The Morgan fingerprint density at radius 3 is 2.56 bits per heavy atom. The van der Waals surface area contributed by atoms with E-state index in [1.807, 2.05) is 11.0 Å². The van der Waals surface area contributed by atoms with E-state index >= 15 is 0 Å². The van der Waals surface area contributed by atoms with Crippen LogP contribution in [-0.4, -0.2) is 30.5 Å². The molecule has 1 aliphatic heterocycles. The van der Waals surface area contributed by atoms with E-state index < -0.39 is 0 Å².